The van der Waals surface area contributed by atoms with Gasteiger partial charge in [0.25, 0.3) is 0 Å². The highest BCUT2D eigenvalue weighted by molar-refractivity contribution is 6.00. The molecular weight excluding hydrogens is 402 g/mol. The third-order valence-electron chi connectivity index (χ3n) is 5.64. The summed E-state index contributed by atoms with van der Waals surface area (Å²) in [6.45, 7) is 3.68. The Morgan fingerprint density at radius 3 is 2.38 bits per heavy atom. The minimum Gasteiger partial charge on any atom is -0.453 e. The largest absolute Gasteiger partial charge is 0.453 e. The summed E-state index contributed by atoms with van der Waals surface area (Å²) in [5.74, 6) is -1.16. The van der Waals surface area contributed by atoms with Crippen molar-refractivity contribution in [2.45, 2.75) is 19.3 Å². The van der Waals surface area contributed by atoms with Crippen molar-refractivity contribution >= 4 is 29.2 Å². The van der Waals surface area contributed by atoms with E-state index in [-0.39, 0.29) is 16.8 Å². The molecule has 0 unspecified atom stereocenters. The minimum atomic E-state index is -0.821. The van der Waals surface area contributed by atoms with Crippen molar-refractivity contribution in [2.24, 2.45) is 0 Å². The number of benzene rings is 2. The number of rotatable bonds is 6. The van der Waals surface area contributed by atoms with Crippen molar-refractivity contribution in [1.82, 2.24) is 0 Å². The topological polar surface area (TPSA) is 73.6 Å². The highest BCUT2D eigenvalue weighted by atomic mass is 16.5. The van der Waals surface area contributed by atoms with E-state index in [1.807, 2.05) is 85.5 Å². The van der Waals surface area contributed by atoms with Crippen molar-refractivity contribution in [2.75, 3.05) is 37.5 Å². The van der Waals surface area contributed by atoms with E-state index in [9.17, 15) is 14.9 Å². The number of carbonyl (C=O) groups is 2. The Hall–Kier alpha value is -3.85. The number of anilines is 2. The predicted octanol–water partition coefficient (Wildman–Crippen LogP) is 4.08. The number of hydrogen-bond acceptors (Lipinski definition) is 6. The summed E-state index contributed by atoms with van der Waals surface area (Å²) in [7, 11) is 5.77. The molecule has 0 bridgehead atoms. The van der Waals surface area contributed by atoms with E-state index in [4.69, 9.17) is 4.74 Å². The maximum atomic E-state index is 12.6. The van der Waals surface area contributed by atoms with Crippen LogP contribution in [0, 0.1) is 11.3 Å². The molecule has 164 valence electrons. The number of carbonyl (C=O) groups excluding carboxylic acids is 2. The summed E-state index contributed by atoms with van der Waals surface area (Å²) in [5, 5.41) is 9.37. The number of para-hydroxylation sites is 1. The quantitative estimate of drug-likeness (QED) is 0.391. The summed E-state index contributed by atoms with van der Waals surface area (Å²) in [6.07, 6.45) is 2.97. The van der Waals surface area contributed by atoms with Crippen LogP contribution in [-0.4, -0.2) is 39.5 Å². The molecule has 32 heavy (non-hydrogen) atoms. The molecule has 0 N–H and O–H groups in total. The van der Waals surface area contributed by atoms with E-state index in [2.05, 4.69) is 13.8 Å². The van der Waals surface area contributed by atoms with Gasteiger partial charge in [-0.3, -0.25) is 4.79 Å². The fourth-order valence-electron chi connectivity index (χ4n) is 3.84. The Kier molecular flexibility index (Phi) is 6.50. The van der Waals surface area contributed by atoms with Crippen molar-refractivity contribution in [3.8, 4) is 6.07 Å². The van der Waals surface area contributed by atoms with E-state index in [0.29, 0.717) is 5.56 Å². The molecule has 2 aromatic rings. The van der Waals surface area contributed by atoms with Crippen molar-refractivity contribution in [1.29, 1.82) is 5.26 Å². The molecule has 0 aliphatic carbocycles. The molecule has 0 amide bonds. The second-order valence-corrected chi connectivity index (χ2v) is 8.43. The molecule has 1 aliphatic rings. The molecule has 0 fully saturated rings. The van der Waals surface area contributed by atoms with Crippen LogP contribution in [0.25, 0.3) is 6.08 Å². The summed E-state index contributed by atoms with van der Waals surface area (Å²) >= 11 is 0. The number of esters is 1. The number of allylic oxidation sites excluding steroid dienone is 1. The van der Waals surface area contributed by atoms with Crippen molar-refractivity contribution < 1.29 is 14.3 Å². The fourth-order valence-corrected chi connectivity index (χ4v) is 3.84. The van der Waals surface area contributed by atoms with Gasteiger partial charge in [0.1, 0.15) is 11.6 Å². The van der Waals surface area contributed by atoms with Gasteiger partial charge in [-0.15, -0.1) is 0 Å². The highest BCUT2D eigenvalue weighted by Crippen LogP contribution is 2.46. The van der Waals surface area contributed by atoms with Gasteiger partial charge >= 0.3 is 5.97 Å². The molecule has 2 aromatic carbocycles. The van der Waals surface area contributed by atoms with Crippen LogP contribution in [0.5, 0.6) is 0 Å². The van der Waals surface area contributed by atoms with Gasteiger partial charge in [-0.05, 0) is 35.4 Å². The van der Waals surface area contributed by atoms with E-state index in [1.54, 1.807) is 0 Å². The van der Waals surface area contributed by atoms with E-state index >= 15 is 0 Å². The lowest BCUT2D eigenvalue weighted by atomic mass is 9.83. The molecule has 0 spiro atoms. The second kappa shape index (κ2) is 9.11. The first-order valence-electron chi connectivity index (χ1n) is 10.3. The van der Waals surface area contributed by atoms with E-state index in [1.165, 1.54) is 12.2 Å². The summed E-state index contributed by atoms with van der Waals surface area (Å²) < 4.78 is 5.13. The van der Waals surface area contributed by atoms with Gasteiger partial charge in [0.15, 0.2) is 12.4 Å². The molecule has 3 rings (SSSR count). The van der Waals surface area contributed by atoms with Crippen molar-refractivity contribution in [3.05, 3.63) is 77.0 Å². The standard InChI is InChI=1S/C26H27N3O3/c1-26(2)22-8-6-7-9-23(22)29(5)24(26)15-21(30)17-32-25(31)19(16-27)14-18-10-12-20(13-11-18)28(3)4/h6-15H,17H2,1-5H3. The Morgan fingerprint density at radius 2 is 1.78 bits per heavy atom. The molecule has 6 heteroatoms. The second-order valence-electron chi connectivity index (χ2n) is 8.43. The SMILES string of the molecule is CN(C)c1ccc(C=C(C#N)C(=O)OCC(=O)C=C2N(C)c3ccccc3C2(C)C)cc1. The molecule has 0 atom stereocenters. The summed E-state index contributed by atoms with van der Waals surface area (Å²) in [4.78, 5) is 28.9. The van der Waals surface area contributed by atoms with Crippen molar-refractivity contribution in [3.63, 3.8) is 0 Å². The molecule has 0 saturated carbocycles. The van der Waals surface area contributed by atoms with Gasteiger partial charge in [0, 0.05) is 49.7 Å². The van der Waals surface area contributed by atoms with Crippen LogP contribution in [0.4, 0.5) is 11.4 Å². The number of hydrogen-bond donors (Lipinski definition) is 0. The number of ketones is 1. The van der Waals surface area contributed by atoms with E-state index in [0.717, 1.165) is 22.6 Å². The molecule has 0 saturated heterocycles. The Morgan fingerprint density at radius 1 is 1.12 bits per heavy atom. The van der Waals surface area contributed by atoms with Crippen LogP contribution in [-0.2, 0) is 19.7 Å². The number of ether oxygens (including phenoxy) is 1. The molecular formula is C26H27N3O3. The Bertz CT molecular complexity index is 1140. The number of likely N-dealkylation sites (N-methyl/N-ethyl adjacent to an activating group) is 1. The number of fused-ring (bicyclic) bond motifs is 1. The maximum Gasteiger partial charge on any atom is 0.349 e. The average molecular weight is 430 g/mol. The van der Waals surface area contributed by atoms with Gasteiger partial charge in [0.2, 0.25) is 0 Å². The Balaban J connectivity index is 1.69. The zero-order valence-corrected chi connectivity index (χ0v) is 19.0. The monoisotopic (exact) mass is 429 g/mol. The van der Waals surface area contributed by atoms with E-state index < -0.39 is 12.6 Å². The van der Waals surface area contributed by atoms with Gasteiger partial charge in [-0.25, -0.2) is 4.79 Å². The number of nitriles is 1. The average Bonchev–Trinajstić information content (AvgIpc) is 2.97. The smallest absolute Gasteiger partial charge is 0.349 e. The zero-order valence-electron chi connectivity index (χ0n) is 19.0. The molecule has 1 heterocycles. The van der Waals surface area contributed by atoms with Crippen LogP contribution >= 0.6 is 0 Å². The normalized spacial score (nSPS) is 15.8. The Labute approximate surface area is 189 Å². The van der Waals surface area contributed by atoms with Crippen LogP contribution in [0.15, 0.2) is 65.9 Å². The molecule has 6 nitrogen and oxygen atoms in total. The van der Waals surface area contributed by atoms with Crippen LogP contribution in [0.3, 0.4) is 0 Å². The van der Waals surface area contributed by atoms with Crippen LogP contribution < -0.4 is 9.80 Å². The lowest BCUT2D eigenvalue weighted by Crippen LogP contribution is -2.25. The van der Waals surface area contributed by atoms with Gasteiger partial charge in [-0.1, -0.05) is 44.2 Å². The highest BCUT2D eigenvalue weighted by Gasteiger charge is 2.38. The first kappa shape index (κ1) is 22.8. The molecule has 0 aromatic heterocycles. The first-order chi connectivity index (χ1) is 15.1. The summed E-state index contributed by atoms with van der Waals surface area (Å²) in [6, 6.07) is 17.3. The first-order valence-corrected chi connectivity index (χ1v) is 10.3. The van der Waals surface area contributed by atoms with Gasteiger partial charge in [-0.2, -0.15) is 5.26 Å². The molecule has 1 aliphatic heterocycles. The van der Waals surface area contributed by atoms with Gasteiger partial charge in [0.05, 0.1) is 0 Å². The maximum absolute atomic E-state index is 12.6. The third-order valence-corrected chi connectivity index (χ3v) is 5.64. The van der Waals surface area contributed by atoms with Crippen LogP contribution in [0.2, 0.25) is 0 Å². The number of nitrogens with zero attached hydrogens (tertiary/aromatic N) is 3. The zero-order chi connectivity index (χ0) is 23.5. The lowest BCUT2D eigenvalue weighted by molar-refractivity contribution is -0.142. The summed E-state index contributed by atoms with van der Waals surface area (Å²) in [5.41, 5.74) is 4.21. The minimum absolute atomic E-state index is 0.159. The predicted molar refractivity (Wildman–Crippen MR) is 126 cm³/mol. The van der Waals surface area contributed by atoms with Gasteiger partial charge < -0.3 is 14.5 Å². The fraction of sp³-hybridized carbons (Fsp3) is 0.269. The third kappa shape index (κ3) is 4.57. The lowest BCUT2D eigenvalue weighted by Gasteiger charge is -2.23. The van der Waals surface area contributed by atoms with Crippen LogP contribution in [0.1, 0.15) is 25.0 Å². The molecule has 0 radical (unpaired) electrons.